The van der Waals surface area contributed by atoms with Crippen molar-refractivity contribution < 1.29 is 21.6 Å². The van der Waals surface area contributed by atoms with Gasteiger partial charge in [-0.05, 0) is 46.0 Å². The van der Waals surface area contributed by atoms with E-state index in [1.165, 1.54) is 18.2 Å². The Balaban J connectivity index is 1.76. The number of nitrogens with zero attached hydrogens (tertiary/aromatic N) is 5. The fourth-order valence-electron chi connectivity index (χ4n) is 4.14. The Morgan fingerprint density at radius 2 is 1.94 bits per heavy atom. The Bertz CT molecular complexity index is 1420. The third-order valence-electron chi connectivity index (χ3n) is 6.07. The summed E-state index contributed by atoms with van der Waals surface area (Å²) in [5, 5.41) is 12.1. The lowest BCUT2D eigenvalue weighted by atomic mass is 10.1. The van der Waals surface area contributed by atoms with Crippen LogP contribution in [0.5, 0.6) is 0 Å². The second-order valence-electron chi connectivity index (χ2n) is 8.46. The number of fused-ring (bicyclic) bond motifs is 1. The summed E-state index contributed by atoms with van der Waals surface area (Å²) in [6.45, 7) is 2.63. The van der Waals surface area contributed by atoms with Crippen LogP contribution in [0.1, 0.15) is 41.9 Å². The van der Waals surface area contributed by atoms with Gasteiger partial charge in [0, 0.05) is 12.1 Å². The molecule has 3 aromatic rings. The van der Waals surface area contributed by atoms with Crippen LogP contribution in [-0.2, 0) is 16.4 Å². The van der Waals surface area contributed by atoms with Gasteiger partial charge in [-0.2, -0.15) is 5.26 Å². The predicted octanol–water partition coefficient (Wildman–Crippen LogP) is 3.76. The van der Waals surface area contributed by atoms with E-state index in [0.717, 1.165) is 6.07 Å². The molecule has 0 saturated carbocycles. The monoisotopic (exact) mass is 504 g/mol. The molecule has 0 bridgehead atoms. The predicted molar refractivity (Wildman–Crippen MR) is 123 cm³/mol. The average Bonchev–Trinajstić information content (AvgIpc) is 2.82. The molecule has 1 aromatic carbocycles. The lowest BCUT2D eigenvalue weighted by Crippen LogP contribution is -2.37. The molecule has 0 unspecified atom stereocenters. The lowest BCUT2D eigenvalue weighted by molar-refractivity contribution is 0.146. The smallest absolute Gasteiger partial charge is 0.266 e. The third kappa shape index (κ3) is 4.92. The fourth-order valence-corrected chi connectivity index (χ4v) is 5.97. The van der Waals surface area contributed by atoms with E-state index in [2.05, 4.69) is 20.3 Å². The molecular weight excluding hydrogens is 481 g/mol. The molecule has 0 aliphatic carbocycles. The zero-order chi connectivity index (χ0) is 25.3. The number of nitrogens with one attached hydrogen (secondary N) is 1. The third-order valence-corrected chi connectivity index (χ3v) is 8.34. The number of benzene rings is 1. The molecule has 0 spiro atoms. The maximum atomic E-state index is 14.5. The minimum Gasteiger partial charge on any atom is -0.365 e. The summed E-state index contributed by atoms with van der Waals surface area (Å²) >= 11 is 0. The van der Waals surface area contributed by atoms with Crippen LogP contribution >= 0.6 is 0 Å². The molecule has 3 heterocycles. The van der Waals surface area contributed by atoms with Gasteiger partial charge in [-0.25, -0.2) is 36.5 Å². The van der Waals surface area contributed by atoms with Crippen molar-refractivity contribution in [3.63, 3.8) is 0 Å². The van der Waals surface area contributed by atoms with Crippen molar-refractivity contribution in [1.29, 1.82) is 5.26 Å². The highest BCUT2D eigenvalue weighted by Gasteiger charge is 2.33. The Kier molecular flexibility index (Phi) is 6.91. The van der Waals surface area contributed by atoms with Crippen molar-refractivity contribution >= 4 is 26.7 Å². The van der Waals surface area contributed by atoms with Gasteiger partial charge >= 0.3 is 0 Å². The Hall–Kier alpha value is -3.30. The van der Waals surface area contributed by atoms with Crippen LogP contribution in [0.4, 0.5) is 19.0 Å². The van der Waals surface area contributed by atoms with Crippen molar-refractivity contribution in [2.45, 2.75) is 42.9 Å². The number of nitriles is 1. The van der Waals surface area contributed by atoms with Gasteiger partial charge in [0.05, 0.1) is 16.2 Å². The lowest BCUT2D eigenvalue weighted by Gasteiger charge is -2.28. The van der Waals surface area contributed by atoms with Gasteiger partial charge in [-0.15, -0.1) is 0 Å². The van der Waals surface area contributed by atoms with Crippen LogP contribution in [-0.4, -0.2) is 53.7 Å². The van der Waals surface area contributed by atoms with Crippen LogP contribution < -0.4 is 5.32 Å². The van der Waals surface area contributed by atoms with Crippen LogP contribution in [0.25, 0.3) is 11.0 Å². The van der Waals surface area contributed by atoms with Crippen LogP contribution in [0.3, 0.4) is 0 Å². The zero-order valence-electron chi connectivity index (χ0n) is 19.1. The second kappa shape index (κ2) is 9.75. The maximum absolute atomic E-state index is 14.5. The van der Waals surface area contributed by atoms with E-state index in [1.807, 2.05) is 18.0 Å². The number of aromatic nitrogens is 3. The number of pyridine rings is 1. The van der Waals surface area contributed by atoms with Gasteiger partial charge in [0.2, 0.25) is 0 Å². The van der Waals surface area contributed by atoms with Gasteiger partial charge in [-0.3, -0.25) is 0 Å². The fraction of sp³-hybridized carbons (Fsp3) is 0.391. The first kappa shape index (κ1) is 24.8. The van der Waals surface area contributed by atoms with Gasteiger partial charge in [0.25, 0.3) is 6.43 Å². The van der Waals surface area contributed by atoms with Gasteiger partial charge in [0.15, 0.2) is 21.2 Å². The first-order valence-corrected chi connectivity index (χ1v) is 12.5. The number of hydrogen-bond donors (Lipinski definition) is 1. The highest BCUT2D eigenvalue weighted by atomic mass is 32.2. The number of anilines is 1. The molecule has 4 rings (SSSR count). The van der Waals surface area contributed by atoms with E-state index in [-0.39, 0.29) is 45.4 Å². The summed E-state index contributed by atoms with van der Waals surface area (Å²) in [6, 6.07) is 6.90. The molecule has 184 valence electrons. The van der Waals surface area contributed by atoms with Crippen molar-refractivity contribution in [2.24, 2.45) is 0 Å². The average molecular weight is 505 g/mol. The Labute approximate surface area is 200 Å². The van der Waals surface area contributed by atoms with E-state index >= 15 is 0 Å². The molecular formula is C23H23F3N6O2S. The van der Waals surface area contributed by atoms with E-state index in [1.54, 1.807) is 6.92 Å². The standard InChI is InChI=1S/C23H23F3N6O2S/c1-13-29-22(28-12-14-4-3-5-16(20(14)24)21(25)26)17-10-19(18(11-27)31-23(17)30-13)35(33,34)15-6-8-32(2)9-7-15/h3-5,10,15,21H,6-9,12H2,1-2H3,(H,28,29,30,31). The quantitative estimate of drug-likeness (QED) is 0.540. The molecule has 12 heteroatoms. The Morgan fingerprint density at radius 3 is 2.60 bits per heavy atom. The highest BCUT2D eigenvalue weighted by Crippen LogP contribution is 2.31. The molecule has 2 aromatic heterocycles. The molecule has 1 aliphatic rings. The highest BCUT2D eigenvalue weighted by molar-refractivity contribution is 7.92. The number of piperidine rings is 1. The van der Waals surface area contributed by atoms with E-state index in [9.17, 15) is 26.9 Å². The number of sulfone groups is 1. The summed E-state index contributed by atoms with van der Waals surface area (Å²) in [5.74, 6) is -0.587. The first-order valence-electron chi connectivity index (χ1n) is 10.9. The normalized spacial score (nSPS) is 15.5. The van der Waals surface area contributed by atoms with Gasteiger partial charge in [-0.1, -0.05) is 18.2 Å². The first-order chi connectivity index (χ1) is 16.6. The molecule has 0 atom stereocenters. The van der Waals surface area contributed by atoms with E-state index in [0.29, 0.717) is 25.9 Å². The molecule has 1 N–H and O–H groups in total. The van der Waals surface area contributed by atoms with Crippen molar-refractivity contribution in [1.82, 2.24) is 19.9 Å². The zero-order valence-corrected chi connectivity index (χ0v) is 19.9. The topological polar surface area (TPSA) is 112 Å². The van der Waals surface area contributed by atoms with Gasteiger partial charge in [0.1, 0.15) is 28.4 Å². The second-order valence-corrected chi connectivity index (χ2v) is 10.7. The Morgan fingerprint density at radius 1 is 1.23 bits per heavy atom. The van der Waals surface area contributed by atoms with Crippen LogP contribution in [0, 0.1) is 24.1 Å². The van der Waals surface area contributed by atoms with E-state index in [4.69, 9.17) is 0 Å². The van der Waals surface area contributed by atoms with Crippen molar-refractivity contribution in [3.8, 4) is 6.07 Å². The molecule has 8 nitrogen and oxygen atoms in total. The summed E-state index contributed by atoms with van der Waals surface area (Å²) in [5.41, 5.74) is -0.871. The van der Waals surface area contributed by atoms with Crippen LogP contribution in [0.15, 0.2) is 29.2 Å². The number of likely N-dealkylation sites (tertiary alicyclic amines) is 1. The summed E-state index contributed by atoms with van der Waals surface area (Å²) in [7, 11) is -1.96. The summed E-state index contributed by atoms with van der Waals surface area (Å²) in [6.07, 6.45) is -2.11. The minimum absolute atomic E-state index is 0.00649. The summed E-state index contributed by atoms with van der Waals surface area (Å²) < 4.78 is 67.5. The van der Waals surface area contributed by atoms with E-state index < -0.39 is 32.9 Å². The summed E-state index contributed by atoms with van der Waals surface area (Å²) in [4.78, 5) is 14.5. The molecule has 35 heavy (non-hydrogen) atoms. The number of halogens is 3. The molecule has 1 saturated heterocycles. The van der Waals surface area contributed by atoms with Gasteiger partial charge < -0.3 is 10.2 Å². The number of aryl methyl sites for hydroxylation is 1. The molecule has 1 aliphatic heterocycles. The molecule has 0 amide bonds. The van der Waals surface area contributed by atoms with Crippen molar-refractivity contribution in [2.75, 3.05) is 25.5 Å². The molecule has 0 radical (unpaired) electrons. The largest absolute Gasteiger partial charge is 0.365 e. The SMILES string of the molecule is Cc1nc(NCc2cccc(C(F)F)c2F)c2cc(S(=O)(=O)C3CCN(C)CC3)c(C#N)nc2n1. The molecule has 1 fully saturated rings. The number of hydrogen-bond acceptors (Lipinski definition) is 8. The minimum atomic E-state index is -3.87. The maximum Gasteiger partial charge on any atom is 0.266 e. The van der Waals surface area contributed by atoms with Crippen LogP contribution in [0.2, 0.25) is 0 Å². The number of alkyl halides is 2. The number of rotatable bonds is 6. The van der Waals surface area contributed by atoms with Crippen molar-refractivity contribution in [3.05, 3.63) is 52.7 Å².